The molecule has 0 radical (unpaired) electrons. The molecule has 138 valence electrons. The Morgan fingerprint density at radius 3 is 2.12 bits per heavy atom. The lowest BCUT2D eigenvalue weighted by molar-refractivity contribution is -0.147. The molecule has 0 heterocycles. The molecule has 2 amide bonds. The molecular formula is C17H24N2O6. The first-order valence-corrected chi connectivity index (χ1v) is 7.83. The molecule has 1 rings (SSSR count). The van der Waals surface area contributed by atoms with E-state index < -0.39 is 24.3 Å². The van der Waals surface area contributed by atoms with Crippen LogP contribution in [0.1, 0.15) is 19.4 Å². The number of carboxylic acid groups (broad SMARTS) is 1. The van der Waals surface area contributed by atoms with Crippen molar-refractivity contribution in [3.8, 4) is 0 Å². The number of carbonyl (C=O) groups is 3. The molecule has 0 aliphatic heterocycles. The molecule has 0 bridgehead atoms. The molecule has 1 atom stereocenters. The lowest BCUT2D eigenvalue weighted by Gasteiger charge is -2.28. The highest BCUT2D eigenvalue weighted by Gasteiger charge is 2.28. The Morgan fingerprint density at radius 2 is 1.60 bits per heavy atom. The molecule has 1 N–H and O–H groups in total. The maximum atomic E-state index is 12.1. The lowest BCUT2D eigenvalue weighted by atomic mass is 10.1. The maximum absolute atomic E-state index is 12.1. The molecule has 1 aromatic rings. The zero-order chi connectivity index (χ0) is 19.0. The number of carboxylic acids is 1. The standard InChI is InChI=1S/C17H24N2O6/c1-12(2)11-24-16(22)18(3)19(4)17(23)25-14(15(20)21)10-13-8-6-5-7-9-13/h5-9,12,14H,10-11H2,1-4H3,(H,20,21). The normalized spacial score (nSPS) is 11.6. The first-order chi connectivity index (χ1) is 11.7. The van der Waals surface area contributed by atoms with Gasteiger partial charge < -0.3 is 14.6 Å². The average Bonchev–Trinajstić information content (AvgIpc) is 2.58. The van der Waals surface area contributed by atoms with E-state index >= 15 is 0 Å². The van der Waals surface area contributed by atoms with Gasteiger partial charge in [-0.2, -0.15) is 0 Å². The second kappa shape index (κ2) is 9.51. The fourth-order valence-corrected chi connectivity index (χ4v) is 1.78. The molecule has 0 aliphatic carbocycles. The van der Waals surface area contributed by atoms with Crippen molar-refractivity contribution in [3.63, 3.8) is 0 Å². The van der Waals surface area contributed by atoms with Crippen molar-refractivity contribution in [1.29, 1.82) is 0 Å². The van der Waals surface area contributed by atoms with Crippen molar-refractivity contribution in [2.45, 2.75) is 26.4 Å². The van der Waals surface area contributed by atoms with Gasteiger partial charge in [0.2, 0.25) is 6.10 Å². The summed E-state index contributed by atoms with van der Waals surface area (Å²) in [5.41, 5.74) is 0.718. The van der Waals surface area contributed by atoms with Crippen LogP contribution in [0.15, 0.2) is 30.3 Å². The monoisotopic (exact) mass is 352 g/mol. The summed E-state index contributed by atoms with van der Waals surface area (Å²) in [5.74, 6) is -1.12. The van der Waals surface area contributed by atoms with Crippen molar-refractivity contribution in [2.75, 3.05) is 20.7 Å². The molecule has 0 saturated heterocycles. The van der Waals surface area contributed by atoms with Crippen molar-refractivity contribution >= 4 is 18.2 Å². The molecule has 0 fully saturated rings. The van der Waals surface area contributed by atoms with Gasteiger partial charge in [0.15, 0.2) is 0 Å². The third-order valence-corrected chi connectivity index (χ3v) is 3.30. The Balaban J connectivity index is 2.66. The van der Waals surface area contributed by atoms with Crippen molar-refractivity contribution in [1.82, 2.24) is 10.0 Å². The van der Waals surface area contributed by atoms with Crippen LogP contribution in [-0.4, -0.2) is 60.1 Å². The van der Waals surface area contributed by atoms with E-state index in [9.17, 15) is 19.5 Å². The summed E-state index contributed by atoms with van der Waals surface area (Å²) >= 11 is 0. The average molecular weight is 352 g/mol. The number of rotatable bonds is 6. The minimum Gasteiger partial charge on any atom is -0.478 e. The highest BCUT2D eigenvalue weighted by Crippen LogP contribution is 2.09. The number of hydrogen-bond acceptors (Lipinski definition) is 5. The van der Waals surface area contributed by atoms with E-state index in [1.54, 1.807) is 30.3 Å². The van der Waals surface area contributed by atoms with Crippen LogP contribution in [-0.2, 0) is 20.7 Å². The summed E-state index contributed by atoms with van der Waals surface area (Å²) in [7, 11) is 2.62. The predicted molar refractivity (Wildman–Crippen MR) is 89.8 cm³/mol. The van der Waals surface area contributed by atoms with Gasteiger partial charge in [-0.15, -0.1) is 0 Å². The maximum Gasteiger partial charge on any atom is 0.429 e. The Hall–Kier alpha value is -2.77. The van der Waals surface area contributed by atoms with E-state index in [-0.39, 0.29) is 18.9 Å². The zero-order valence-corrected chi connectivity index (χ0v) is 14.8. The molecule has 1 unspecified atom stereocenters. The van der Waals surface area contributed by atoms with Crippen LogP contribution in [0.3, 0.4) is 0 Å². The molecule has 8 heteroatoms. The van der Waals surface area contributed by atoms with E-state index in [0.29, 0.717) is 0 Å². The number of nitrogens with zero attached hydrogens (tertiary/aromatic N) is 2. The van der Waals surface area contributed by atoms with Crippen LogP contribution < -0.4 is 0 Å². The lowest BCUT2D eigenvalue weighted by Crippen LogP contribution is -2.47. The number of hydrogen-bond donors (Lipinski definition) is 1. The zero-order valence-electron chi connectivity index (χ0n) is 14.8. The molecule has 0 spiro atoms. The van der Waals surface area contributed by atoms with E-state index in [1.165, 1.54) is 14.1 Å². The smallest absolute Gasteiger partial charge is 0.429 e. The molecule has 0 aliphatic rings. The fourth-order valence-electron chi connectivity index (χ4n) is 1.78. The Kier molecular flexibility index (Phi) is 7.71. The highest BCUT2D eigenvalue weighted by molar-refractivity contribution is 5.78. The molecule has 0 saturated carbocycles. The van der Waals surface area contributed by atoms with Crippen LogP contribution in [0, 0.1) is 5.92 Å². The van der Waals surface area contributed by atoms with Crippen LogP contribution in [0.5, 0.6) is 0 Å². The third kappa shape index (κ3) is 6.70. The summed E-state index contributed by atoms with van der Waals surface area (Å²) in [6.45, 7) is 3.97. The van der Waals surface area contributed by atoms with Crippen LogP contribution in [0.2, 0.25) is 0 Å². The summed E-state index contributed by atoms with van der Waals surface area (Å²) in [4.78, 5) is 35.3. The van der Waals surface area contributed by atoms with Gasteiger partial charge in [-0.1, -0.05) is 44.2 Å². The summed E-state index contributed by atoms with van der Waals surface area (Å²) in [6, 6.07) is 8.81. The van der Waals surface area contributed by atoms with Gasteiger partial charge in [-0.05, 0) is 11.5 Å². The minimum absolute atomic E-state index is 0.0251. The van der Waals surface area contributed by atoms with E-state index in [0.717, 1.165) is 15.6 Å². The van der Waals surface area contributed by atoms with Crippen LogP contribution in [0.4, 0.5) is 9.59 Å². The Bertz CT molecular complexity index is 590. The number of amides is 2. The predicted octanol–water partition coefficient (Wildman–Crippen LogP) is 2.39. The van der Waals surface area contributed by atoms with Gasteiger partial charge in [0, 0.05) is 20.5 Å². The number of ether oxygens (including phenoxy) is 2. The largest absolute Gasteiger partial charge is 0.478 e. The van der Waals surface area contributed by atoms with E-state index in [1.807, 2.05) is 13.8 Å². The van der Waals surface area contributed by atoms with Gasteiger partial charge in [0.05, 0.1) is 6.61 Å². The SMILES string of the molecule is CC(C)COC(=O)N(C)N(C)C(=O)OC(Cc1ccccc1)C(=O)O. The van der Waals surface area contributed by atoms with Gasteiger partial charge >= 0.3 is 18.2 Å². The van der Waals surface area contributed by atoms with Gasteiger partial charge in [-0.3, -0.25) is 0 Å². The van der Waals surface area contributed by atoms with Gasteiger partial charge in [-0.25, -0.2) is 24.4 Å². The molecule has 8 nitrogen and oxygen atoms in total. The molecule has 1 aromatic carbocycles. The van der Waals surface area contributed by atoms with E-state index in [4.69, 9.17) is 9.47 Å². The summed E-state index contributed by atoms with van der Waals surface area (Å²) in [5, 5.41) is 11.0. The Morgan fingerprint density at radius 1 is 1.04 bits per heavy atom. The number of hydrazine groups is 1. The third-order valence-electron chi connectivity index (χ3n) is 3.30. The van der Waals surface area contributed by atoms with Crippen LogP contribution >= 0.6 is 0 Å². The van der Waals surface area contributed by atoms with Crippen LogP contribution in [0.25, 0.3) is 0 Å². The minimum atomic E-state index is -1.36. The quantitative estimate of drug-likeness (QED) is 0.790. The fraction of sp³-hybridized carbons (Fsp3) is 0.471. The highest BCUT2D eigenvalue weighted by atomic mass is 16.6. The summed E-state index contributed by atoms with van der Waals surface area (Å²) in [6.07, 6.45) is -3.04. The number of aliphatic carboxylic acids is 1. The second-order valence-corrected chi connectivity index (χ2v) is 5.92. The van der Waals surface area contributed by atoms with E-state index in [2.05, 4.69) is 0 Å². The summed E-state index contributed by atoms with van der Waals surface area (Å²) < 4.78 is 10.0. The number of benzene rings is 1. The van der Waals surface area contributed by atoms with Gasteiger partial charge in [0.25, 0.3) is 0 Å². The van der Waals surface area contributed by atoms with Gasteiger partial charge in [0.1, 0.15) is 0 Å². The Labute approximate surface area is 146 Å². The number of carbonyl (C=O) groups excluding carboxylic acids is 2. The first-order valence-electron chi connectivity index (χ1n) is 7.83. The molecular weight excluding hydrogens is 328 g/mol. The molecule has 0 aromatic heterocycles. The van der Waals surface area contributed by atoms with Crippen molar-refractivity contribution in [3.05, 3.63) is 35.9 Å². The molecule has 25 heavy (non-hydrogen) atoms. The first kappa shape index (κ1) is 20.3. The topological polar surface area (TPSA) is 96.4 Å². The second-order valence-electron chi connectivity index (χ2n) is 5.92. The van der Waals surface area contributed by atoms with Crippen molar-refractivity contribution in [2.24, 2.45) is 5.92 Å². The van der Waals surface area contributed by atoms with Crippen molar-refractivity contribution < 1.29 is 29.0 Å².